The van der Waals surface area contributed by atoms with Gasteiger partial charge in [0.2, 0.25) is 0 Å². The molecule has 0 aliphatic carbocycles. The topological polar surface area (TPSA) is 77.9 Å². The van der Waals surface area contributed by atoms with E-state index in [9.17, 15) is 5.11 Å². The Labute approximate surface area is 127 Å². The van der Waals surface area contributed by atoms with Crippen molar-refractivity contribution in [3.63, 3.8) is 0 Å². The number of rotatable bonds is 3. The van der Waals surface area contributed by atoms with Gasteiger partial charge < -0.3 is 15.0 Å². The van der Waals surface area contributed by atoms with Crippen LogP contribution in [0.1, 0.15) is 12.8 Å². The lowest BCUT2D eigenvalue weighted by Gasteiger charge is -2.25. The Kier molecular flexibility index (Phi) is 3.23. The molecule has 1 atom stereocenters. The number of aromatic nitrogens is 4. The average molecular weight is 295 g/mol. The van der Waals surface area contributed by atoms with Crippen LogP contribution in [-0.4, -0.2) is 44.2 Å². The Bertz CT molecular complexity index is 786. The summed E-state index contributed by atoms with van der Waals surface area (Å²) in [5.74, 6) is 1.57. The number of aromatic amines is 1. The Morgan fingerprint density at radius 3 is 2.91 bits per heavy atom. The standard InChI is InChI=1S/C16H17N5O/c22-10-12-2-1-9-21(12)16-13-5-8-18-15(13)19-14(20-16)11-3-6-17-7-4-11/h3-8,12,22H,1-2,9-10H2,(H,18,19,20)/t12-/m1/s1. The second-order valence-corrected chi connectivity index (χ2v) is 5.52. The highest BCUT2D eigenvalue weighted by molar-refractivity contribution is 5.89. The van der Waals surface area contributed by atoms with Crippen LogP contribution in [0.25, 0.3) is 22.4 Å². The molecule has 1 aliphatic heterocycles. The van der Waals surface area contributed by atoms with E-state index in [4.69, 9.17) is 4.98 Å². The van der Waals surface area contributed by atoms with Gasteiger partial charge in [0.05, 0.1) is 18.0 Å². The molecule has 4 heterocycles. The van der Waals surface area contributed by atoms with Crippen LogP contribution >= 0.6 is 0 Å². The molecular weight excluding hydrogens is 278 g/mol. The summed E-state index contributed by atoms with van der Waals surface area (Å²) in [6, 6.07) is 5.94. The number of H-pyrrole nitrogens is 1. The van der Waals surface area contributed by atoms with E-state index in [1.165, 1.54) is 0 Å². The number of hydrogen-bond donors (Lipinski definition) is 2. The average Bonchev–Trinajstić information content (AvgIpc) is 3.23. The zero-order valence-electron chi connectivity index (χ0n) is 12.1. The Morgan fingerprint density at radius 1 is 1.23 bits per heavy atom. The molecule has 6 heteroatoms. The molecule has 0 radical (unpaired) electrons. The highest BCUT2D eigenvalue weighted by atomic mass is 16.3. The lowest BCUT2D eigenvalue weighted by atomic mass is 10.2. The van der Waals surface area contributed by atoms with Crippen LogP contribution < -0.4 is 4.90 Å². The minimum absolute atomic E-state index is 0.137. The molecule has 0 unspecified atom stereocenters. The van der Waals surface area contributed by atoms with Crippen molar-refractivity contribution in [2.45, 2.75) is 18.9 Å². The highest BCUT2D eigenvalue weighted by Crippen LogP contribution is 2.31. The van der Waals surface area contributed by atoms with E-state index < -0.39 is 0 Å². The molecule has 2 N–H and O–H groups in total. The molecule has 6 nitrogen and oxygen atoms in total. The quantitative estimate of drug-likeness (QED) is 0.772. The van der Waals surface area contributed by atoms with Gasteiger partial charge in [-0.1, -0.05) is 0 Å². The molecule has 22 heavy (non-hydrogen) atoms. The van der Waals surface area contributed by atoms with Crippen LogP contribution in [0.2, 0.25) is 0 Å². The van der Waals surface area contributed by atoms with E-state index in [1.807, 2.05) is 24.4 Å². The van der Waals surface area contributed by atoms with Crippen molar-refractivity contribution in [2.24, 2.45) is 0 Å². The summed E-state index contributed by atoms with van der Waals surface area (Å²) in [6.07, 6.45) is 7.43. The highest BCUT2D eigenvalue weighted by Gasteiger charge is 2.27. The van der Waals surface area contributed by atoms with E-state index in [2.05, 4.69) is 19.9 Å². The fraction of sp³-hybridized carbons (Fsp3) is 0.312. The summed E-state index contributed by atoms with van der Waals surface area (Å²) in [5, 5.41) is 10.6. The third kappa shape index (κ3) is 2.12. The number of anilines is 1. The molecule has 0 amide bonds. The molecule has 0 saturated carbocycles. The fourth-order valence-corrected chi connectivity index (χ4v) is 3.08. The first-order valence-electron chi connectivity index (χ1n) is 7.50. The molecule has 1 saturated heterocycles. The molecule has 4 rings (SSSR count). The minimum Gasteiger partial charge on any atom is -0.394 e. The molecular formula is C16H17N5O. The fourth-order valence-electron chi connectivity index (χ4n) is 3.08. The van der Waals surface area contributed by atoms with Crippen molar-refractivity contribution >= 4 is 16.9 Å². The van der Waals surface area contributed by atoms with Crippen molar-refractivity contribution < 1.29 is 5.11 Å². The van der Waals surface area contributed by atoms with E-state index in [0.29, 0.717) is 5.82 Å². The monoisotopic (exact) mass is 295 g/mol. The van der Waals surface area contributed by atoms with Gasteiger partial charge in [0, 0.05) is 30.7 Å². The second kappa shape index (κ2) is 5.38. The first-order chi connectivity index (χ1) is 10.9. The van der Waals surface area contributed by atoms with Crippen molar-refractivity contribution in [1.82, 2.24) is 19.9 Å². The lowest BCUT2D eigenvalue weighted by molar-refractivity contribution is 0.266. The van der Waals surface area contributed by atoms with Gasteiger partial charge in [0.25, 0.3) is 0 Å². The van der Waals surface area contributed by atoms with Gasteiger partial charge in [-0.3, -0.25) is 4.98 Å². The molecule has 3 aromatic rings. The van der Waals surface area contributed by atoms with Gasteiger partial charge in [0.15, 0.2) is 5.82 Å². The summed E-state index contributed by atoms with van der Waals surface area (Å²) in [5.41, 5.74) is 1.76. The molecule has 0 bridgehead atoms. The second-order valence-electron chi connectivity index (χ2n) is 5.52. The third-order valence-corrected chi connectivity index (χ3v) is 4.19. The Hall–Kier alpha value is -2.47. The SMILES string of the molecule is OC[C@H]1CCCN1c1nc(-c2ccncc2)nc2[nH]ccc12. The first-order valence-corrected chi connectivity index (χ1v) is 7.50. The van der Waals surface area contributed by atoms with Crippen LogP contribution in [0.3, 0.4) is 0 Å². The van der Waals surface area contributed by atoms with Crippen molar-refractivity contribution in [1.29, 1.82) is 0 Å². The number of aliphatic hydroxyl groups excluding tert-OH is 1. The van der Waals surface area contributed by atoms with Crippen LogP contribution in [-0.2, 0) is 0 Å². The van der Waals surface area contributed by atoms with E-state index in [-0.39, 0.29) is 12.6 Å². The predicted molar refractivity (Wildman–Crippen MR) is 84.6 cm³/mol. The molecule has 0 spiro atoms. The molecule has 1 fully saturated rings. The number of hydrogen-bond acceptors (Lipinski definition) is 5. The normalized spacial score (nSPS) is 18.2. The van der Waals surface area contributed by atoms with Gasteiger partial charge in [-0.25, -0.2) is 9.97 Å². The van der Waals surface area contributed by atoms with Crippen LogP contribution in [0.4, 0.5) is 5.82 Å². The Morgan fingerprint density at radius 2 is 2.09 bits per heavy atom. The van der Waals surface area contributed by atoms with E-state index in [0.717, 1.165) is 41.8 Å². The van der Waals surface area contributed by atoms with Crippen molar-refractivity contribution in [2.75, 3.05) is 18.1 Å². The Balaban J connectivity index is 1.88. The van der Waals surface area contributed by atoms with Gasteiger partial charge in [-0.05, 0) is 31.0 Å². The maximum Gasteiger partial charge on any atom is 0.164 e. The van der Waals surface area contributed by atoms with Crippen LogP contribution in [0, 0.1) is 0 Å². The number of fused-ring (bicyclic) bond motifs is 1. The lowest BCUT2D eigenvalue weighted by Crippen LogP contribution is -2.33. The van der Waals surface area contributed by atoms with E-state index in [1.54, 1.807) is 12.4 Å². The number of pyridine rings is 1. The van der Waals surface area contributed by atoms with Crippen molar-refractivity contribution in [3.8, 4) is 11.4 Å². The number of nitrogens with zero attached hydrogens (tertiary/aromatic N) is 4. The largest absolute Gasteiger partial charge is 0.394 e. The van der Waals surface area contributed by atoms with Gasteiger partial charge >= 0.3 is 0 Å². The van der Waals surface area contributed by atoms with Crippen LogP contribution in [0.5, 0.6) is 0 Å². The molecule has 0 aromatic carbocycles. The van der Waals surface area contributed by atoms with Gasteiger partial charge in [-0.15, -0.1) is 0 Å². The van der Waals surface area contributed by atoms with Crippen molar-refractivity contribution in [3.05, 3.63) is 36.8 Å². The first kappa shape index (κ1) is 13.2. The zero-order valence-corrected chi connectivity index (χ0v) is 12.1. The van der Waals surface area contributed by atoms with Gasteiger partial charge in [-0.2, -0.15) is 0 Å². The summed E-state index contributed by atoms with van der Waals surface area (Å²) >= 11 is 0. The van der Waals surface area contributed by atoms with Gasteiger partial charge in [0.1, 0.15) is 11.5 Å². The maximum atomic E-state index is 9.61. The molecule has 1 aliphatic rings. The predicted octanol–water partition coefficient (Wildman–Crippen LogP) is 1.98. The number of aliphatic hydroxyl groups is 1. The maximum absolute atomic E-state index is 9.61. The number of nitrogens with one attached hydrogen (secondary N) is 1. The summed E-state index contributed by atoms with van der Waals surface area (Å²) < 4.78 is 0. The van der Waals surface area contributed by atoms with E-state index >= 15 is 0 Å². The summed E-state index contributed by atoms with van der Waals surface area (Å²) in [6.45, 7) is 1.07. The molecule has 3 aromatic heterocycles. The third-order valence-electron chi connectivity index (χ3n) is 4.19. The molecule has 112 valence electrons. The zero-order chi connectivity index (χ0) is 14.9. The smallest absolute Gasteiger partial charge is 0.164 e. The summed E-state index contributed by atoms with van der Waals surface area (Å²) in [4.78, 5) is 18.8. The minimum atomic E-state index is 0.137. The van der Waals surface area contributed by atoms with Crippen LogP contribution in [0.15, 0.2) is 36.8 Å². The summed E-state index contributed by atoms with van der Waals surface area (Å²) in [7, 11) is 0.